The van der Waals surface area contributed by atoms with Gasteiger partial charge in [-0.15, -0.1) is 0 Å². The van der Waals surface area contributed by atoms with Gasteiger partial charge in [0.05, 0.1) is 34.4 Å². The van der Waals surface area contributed by atoms with Crippen LogP contribution in [0.3, 0.4) is 0 Å². The zero-order valence-electron chi connectivity index (χ0n) is 22.6. The summed E-state index contributed by atoms with van der Waals surface area (Å²) in [4.78, 5) is 9.63. The lowest BCUT2D eigenvalue weighted by Gasteiger charge is -2.24. The molecule has 0 rings (SSSR count). The van der Waals surface area contributed by atoms with E-state index >= 15 is 0 Å². The van der Waals surface area contributed by atoms with Crippen molar-refractivity contribution in [1.82, 2.24) is 0 Å². The van der Waals surface area contributed by atoms with Crippen LogP contribution in [0, 0.1) is 0 Å². The smallest absolute Gasteiger partial charge is 0.388 e. The van der Waals surface area contributed by atoms with Crippen LogP contribution >= 0.6 is 7.82 Å². The number of unbranched alkanes of at least 4 members (excludes halogenated alkanes) is 12. The Kier molecular flexibility index (Phi) is 21.8. The fourth-order valence-electron chi connectivity index (χ4n) is 3.37. The quantitative estimate of drug-likeness (QED) is 0.0657. The zero-order chi connectivity index (χ0) is 25.5. The number of aliphatic hydroxyl groups is 1. The highest BCUT2D eigenvalue weighted by atomic mass is 31.2. The molecule has 0 fully saturated rings. The normalized spacial score (nSPS) is 15.1. The van der Waals surface area contributed by atoms with Crippen LogP contribution in [0.25, 0.3) is 0 Å². The van der Waals surface area contributed by atoms with E-state index < -0.39 is 13.9 Å². The number of rotatable bonds is 25. The summed E-state index contributed by atoms with van der Waals surface area (Å²) in [6, 6.07) is 0. The Morgan fingerprint density at radius 1 is 0.765 bits per heavy atom. The lowest BCUT2D eigenvalue weighted by Crippen LogP contribution is -2.37. The number of hydrogen-bond donors (Lipinski definition) is 2. The van der Waals surface area contributed by atoms with Crippen molar-refractivity contribution in [3.8, 4) is 0 Å². The van der Waals surface area contributed by atoms with E-state index in [1.165, 1.54) is 70.6 Å². The SMILES string of the molecule is CCCCCCCCCCCC/C=C\CCCCOC[C@@H](O)COP(=O)(O)OCC[N+](C)(C)C. The fraction of sp³-hybridized carbons (Fsp3) is 0.923. The number of phosphoric acid groups is 1. The van der Waals surface area contributed by atoms with Crippen molar-refractivity contribution in [1.29, 1.82) is 0 Å². The summed E-state index contributed by atoms with van der Waals surface area (Å²) >= 11 is 0. The van der Waals surface area contributed by atoms with Crippen molar-refractivity contribution >= 4 is 7.82 Å². The summed E-state index contributed by atoms with van der Waals surface area (Å²) in [5.41, 5.74) is 0. The Morgan fingerprint density at radius 2 is 1.29 bits per heavy atom. The van der Waals surface area contributed by atoms with Crippen LogP contribution < -0.4 is 0 Å². The second-order valence-electron chi connectivity index (χ2n) is 10.3. The van der Waals surface area contributed by atoms with Crippen LogP contribution in [0.1, 0.15) is 96.8 Å². The first kappa shape index (κ1) is 33.7. The van der Waals surface area contributed by atoms with E-state index in [-0.39, 0.29) is 19.8 Å². The summed E-state index contributed by atoms with van der Waals surface area (Å²) in [5, 5.41) is 9.85. The maximum Gasteiger partial charge on any atom is 0.472 e. The van der Waals surface area contributed by atoms with Gasteiger partial charge in [-0.25, -0.2) is 4.57 Å². The first-order chi connectivity index (χ1) is 16.2. The molecule has 0 heterocycles. The van der Waals surface area contributed by atoms with E-state index in [2.05, 4.69) is 19.1 Å². The maximum absolute atomic E-state index is 11.8. The van der Waals surface area contributed by atoms with Crippen molar-refractivity contribution in [2.24, 2.45) is 0 Å². The molecule has 0 aliphatic heterocycles. The highest BCUT2D eigenvalue weighted by Gasteiger charge is 2.24. The number of allylic oxidation sites excluding steroid dienone is 2. The van der Waals surface area contributed by atoms with E-state index in [0.29, 0.717) is 17.6 Å². The topological polar surface area (TPSA) is 85.2 Å². The van der Waals surface area contributed by atoms with E-state index in [0.717, 1.165) is 19.3 Å². The number of phosphoric ester groups is 1. The van der Waals surface area contributed by atoms with Crippen LogP contribution in [0.15, 0.2) is 12.2 Å². The summed E-state index contributed by atoms with van der Waals surface area (Å²) in [7, 11) is 1.74. The second kappa shape index (κ2) is 22.0. The molecule has 34 heavy (non-hydrogen) atoms. The molecular weight excluding hydrogens is 453 g/mol. The van der Waals surface area contributed by atoms with Gasteiger partial charge in [0.1, 0.15) is 19.3 Å². The molecule has 2 N–H and O–H groups in total. The lowest BCUT2D eigenvalue weighted by atomic mass is 10.1. The number of aliphatic hydroxyl groups excluding tert-OH is 1. The van der Waals surface area contributed by atoms with Crippen LogP contribution in [0.2, 0.25) is 0 Å². The van der Waals surface area contributed by atoms with Gasteiger partial charge in [-0.1, -0.05) is 76.9 Å². The highest BCUT2D eigenvalue weighted by Crippen LogP contribution is 2.43. The van der Waals surface area contributed by atoms with E-state index in [4.69, 9.17) is 13.8 Å². The molecule has 7 nitrogen and oxygen atoms in total. The number of ether oxygens (including phenoxy) is 1. The van der Waals surface area contributed by atoms with Gasteiger partial charge in [0.15, 0.2) is 0 Å². The molecule has 0 saturated heterocycles. The molecular formula is C26H55NO6P+. The van der Waals surface area contributed by atoms with Gasteiger partial charge >= 0.3 is 7.82 Å². The third-order valence-electron chi connectivity index (χ3n) is 5.56. The van der Waals surface area contributed by atoms with Gasteiger partial charge < -0.3 is 19.2 Å². The van der Waals surface area contributed by atoms with Gasteiger partial charge in [-0.3, -0.25) is 9.05 Å². The molecule has 0 radical (unpaired) electrons. The van der Waals surface area contributed by atoms with Crippen molar-refractivity contribution in [2.45, 2.75) is 103 Å². The van der Waals surface area contributed by atoms with Gasteiger partial charge in [-0.05, 0) is 32.1 Å². The number of likely N-dealkylation sites (N-methyl/N-ethyl adjacent to an activating group) is 1. The van der Waals surface area contributed by atoms with Gasteiger partial charge in [0.25, 0.3) is 0 Å². The molecule has 0 aromatic carbocycles. The number of nitrogens with zero attached hydrogens (tertiary/aromatic N) is 1. The summed E-state index contributed by atoms with van der Waals surface area (Å²) in [6.07, 6.45) is 21.5. The predicted octanol–water partition coefficient (Wildman–Crippen LogP) is 6.24. The van der Waals surface area contributed by atoms with Crippen molar-refractivity contribution < 1.29 is 32.8 Å². The van der Waals surface area contributed by atoms with E-state index in [9.17, 15) is 14.6 Å². The van der Waals surface area contributed by atoms with E-state index in [1.54, 1.807) is 0 Å². The van der Waals surface area contributed by atoms with Crippen molar-refractivity contribution in [3.05, 3.63) is 12.2 Å². The van der Waals surface area contributed by atoms with Gasteiger partial charge in [0.2, 0.25) is 0 Å². The fourth-order valence-corrected chi connectivity index (χ4v) is 4.11. The van der Waals surface area contributed by atoms with Crippen LogP contribution in [0.5, 0.6) is 0 Å². The Labute approximate surface area is 210 Å². The Balaban J connectivity index is 3.45. The molecule has 0 aliphatic rings. The number of quaternary nitrogens is 1. The minimum Gasteiger partial charge on any atom is -0.388 e. The third kappa shape index (κ3) is 26.3. The molecule has 8 heteroatoms. The molecule has 0 bridgehead atoms. The van der Waals surface area contributed by atoms with Crippen LogP contribution in [-0.4, -0.2) is 74.7 Å². The minimum absolute atomic E-state index is 0.0768. The zero-order valence-corrected chi connectivity index (χ0v) is 23.5. The maximum atomic E-state index is 11.8. The molecule has 0 aromatic heterocycles. The first-order valence-corrected chi connectivity index (χ1v) is 15.0. The molecule has 1 unspecified atom stereocenters. The predicted molar refractivity (Wildman–Crippen MR) is 141 cm³/mol. The number of hydrogen-bond acceptors (Lipinski definition) is 5. The van der Waals surface area contributed by atoms with Crippen LogP contribution in [0.4, 0.5) is 0 Å². The third-order valence-corrected chi connectivity index (χ3v) is 6.54. The van der Waals surface area contributed by atoms with E-state index in [1.807, 2.05) is 21.1 Å². The Bertz CT molecular complexity index is 524. The Morgan fingerprint density at radius 3 is 1.85 bits per heavy atom. The molecule has 0 saturated carbocycles. The highest BCUT2D eigenvalue weighted by molar-refractivity contribution is 7.47. The molecule has 0 spiro atoms. The first-order valence-electron chi connectivity index (χ1n) is 13.5. The molecule has 0 aromatic rings. The van der Waals surface area contributed by atoms with Crippen LogP contribution in [-0.2, 0) is 18.3 Å². The molecule has 0 amide bonds. The van der Waals surface area contributed by atoms with Crippen molar-refractivity contribution in [3.63, 3.8) is 0 Å². The lowest BCUT2D eigenvalue weighted by molar-refractivity contribution is -0.870. The largest absolute Gasteiger partial charge is 0.472 e. The standard InChI is InChI=1S/C26H54NO6P/c1-5-6-7-8-9-10-11-12-13-14-15-16-17-18-19-20-22-31-24-26(28)25-33-34(29,30)32-23-21-27(2,3)4/h16-17,26,28H,5-15,18-25H2,1-4H3/p+1/b17-16-/t26-/m1/s1. The van der Waals surface area contributed by atoms with Gasteiger partial charge in [0, 0.05) is 6.61 Å². The average molecular weight is 509 g/mol. The van der Waals surface area contributed by atoms with Crippen molar-refractivity contribution in [2.75, 3.05) is 54.1 Å². The Hall–Kier alpha value is -0.270. The second-order valence-corrected chi connectivity index (χ2v) is 11.7. The molecule has 204 valence electrons. The monoisotopic (exact) mass is 508 g/mol. The summed E-state index contributed by atoms with van der Waals surface area (Å²) in [6.45, 7) is 3.29. The minimum atomic E-state index is -4.14. The molecule has 0 aliphatic carbocycles. The molecule has 2 atom stereocenters. The van der Waals surface area contributed by atoms with Gasteiger partial charge in [-0.2, -0.15) is 0 Å². The summed E-state index contributed by atoms with van der Waals surface area (Å²) in [5.74, 6) is 0. The average Bonchev–Trinajstić information content (AvgIpc) is 2.76. The summed E-state index contributed by atoms with van der Waals surface area (Å²) < 4.78 is 27.6.